The van der Waals surface area contributed by atoms with Crippen molar-refractivity contribution in [2.75, 3.05) is 38.8 Å². The number of likely N-dealkylation sites (N-methyl/N-ethyl adjacent to an activating group) is 1. The predicted molar refractivity (Wildman–Crippen MR) is 111 cm³/mol. The van der Waals surface area contributed by atoms with Crippen molar-refractivity contribution in [2.24, 2.45) is 4.99 Å². The highest BCUT2D eigenvalue weighted by atomic mass is 16.5. The summed E-state index contributed by atoms with van der Waals surface area (Å²) in [6, 6.07) is 6.82. The minimum atomic E-state index is -0.795. The van der Waals surface area contributed by atoms with Gasteiger partial charge in [0.15, 0.2) is 0 Å². The molecule has 1 unspecified atom stereocenters. The fourth-order valence-corrected chi connectivity index (χ4v) is 5.76. The lowest BCUT2D eigenvalue weighted by molar-refractivity contribution is -0.138. The van der Waals surface area contributed by atoms with Crippen LogP contribution in [0.3, 0.4) is 0 Å². The average Bonchev–Trinajstić information content (AvgIpc) is 3.32. The molecule has 0 saturated carbocycles. The number of aliphatic hydroxyl groups excluding tert-OH is 1. The Morgan fingerprint density at radius 1 is 1.29 bits per heavy atom. The number of para-hydroxylation sites is 1. The van der Waals surface area contributed by atoms with Crippen LogP contribution in [-0.2, 0) is 24.5 Å². The van der Waals surface area contributed by atoms with Crippen molar-refractivity contribution in [1.82, 2.24) is 9.80 Å². The second kappa shape index (κ2) is 6.73. The molecule has 162 valence electrons. The van der Waals surface area contributed by atoms with E-state index in [-0.39, 0.29) is 37.3 Å². The van der Waals surface area contributed by atoms with E-state index in [1.165, 1.54) is 23.8 Å². The SMILES string of the molecule is COCCN1C(=O)C2=C(C1=O)C1N(C)c3ccccc3[C@@]13C[C@@H](CO)N(C(C)=O)C3=N2. The summed E-state index contributed by atoms with van der Waals surface area (Å²) in [5, 5.41) is 10.1. The van der Waals surface area contributed by atoms with Crippen molar-refractivity contribution >= 4 is 29.2 Å². The van der Waals surface area contributed by atoms with Crippen LogP contribution >= 0.6 is 0 Å². The molecule has 1 fully saturated rings. The van der Waals surface area contributed by atoms with Crippen LogP contribution in [0.1, 0.15) is 18.9 Å². The molecule has 3 atom stereocenters. The maximum absolute atomic E-state index is 13.4. The Balaban J connectivity index is 1.75. The Kier molecular flexibility index (Phi) is 4.32. The van der Waals surface area contributed by atoms with Gasteiger partial charge in [0.2, 0.25) is 5.91 Å². The van der Waals surface area contributed by atoms with Gasteiger partial charge >= 0.3 is 0 Å². The zero-order chi connectivity index (χ0) is 22.1. The van der Waals surface area contributed by atoms with Gasteiger partial charge in [0.1, 0.15) is 11.5 Å². The van der Waals surface area contributed by atoms with E-state index in [1.807, 2.05) is 36.2 Å². The summed E-state index contributed by atoms with van der Waals surface area (Å²) in [7, 11) is 3.41. The molecule has 0 aromatic heterocycles. The molecule has 9 nitrogen and oxygen atoms in total. The molecule has 3 amide bonds. The summed E-state index contributed by atoms with van der Waals surface area (Å²) in [4.78, 5) is 48.5. The van der Waals surface area contributed by atoms with Crippen molar-refractivity contribution < 1.29 is 24.2 Å². The number of nitrogens with zero attached hydrogens (tertiary/aromatic N) is 4. The van der Waals surface area contributed by atoms with E-state index >= 15 is 0 Å². The molecule has 1 N–H and O–H groups in total. The number of carbonyl (C=O) groups is 3. The molecule has 4 aliphatic rings. The number of fused-ring (bicyclic) bond motifs is 2. The first-order chi connectivity index (χ1) is 14.9. The highest BCUT2D eigenvalue weighted by Gasteiger charge is 2.66. The second-order valence-corrected chi connectivity index (χ2v) is 8.38. The summed E-state index contributed by atoms with van der Waals surface area (Å²) in [5.74, 6) is -0.656. The number of amidine groups is 1. The van der Waals surface area contributed by atoms with Crippen LogP contribution in [0.5, 0.6) is 0 Å². The molecule has 4 aliphatic heterocycles. The molecule has 4 heterocycles. The Morgan fingerprint density at radius 3 is 2.71 bits per heavy atom. The molecule has 9 heteroatoms. The van der Waals surface area contributed by atoms with Crippen LogP contribution in [-0.4, -0.2) is 84.5 Å². The van der Waals surface area contributed by atoms with Crippen molar-refractivity contribution in [1.29, 1.82) is 0 Å². The van der Waals surface area contributed by atoms with Crippen LogP contribution in [0.15, 0.2) is 40.5 Å². The number of likely N-dealkylation sites (tertiary alicyclic amines) is 1. The molecular formula is C22H24N4O5. The number of rotatable bonds is 4. The molecule has 1 spiro atoms. The molecule has 1 aromatic rings. The molecule has 0 radical (unpaired) electrons. The number of methoxy groups -OCH3 is 1. The number of imide groups is 1. The molecule has 31 heavy (non-hydrogen) atoms. The second-order valence-electron chi connectivity index (χ2n) is 8.38. The lowest BCUT2D eigenvalue weighted by Crippen LogP contribution is -2.53. The molecule has 0 bridgehead atoms. The number of carbonyl (C=O) groups excluding carboxylic acids is 3. The van der Waals surface area contributed by atoms with Crippen LogP contribution < -0.4 is 4.90 Å². The lowest BCUT2D eigenvalue weighted by atomic mass is 9.70. The van der Waals surface area contributed by atoms with Gasteiger partial charge in [0.25, 0.3) is 11.8 Å². The van der Waals surface area contributed by atoms with Gasteiger partial charge in [0, 0.05) is 26.8 Å². The standard InChI is InChI=1S/C22H24N4O5/c1-12(28)26-13(11-27)10-22-14-6-4-5-7-15(14)24(2)18(22)16-17(23-21(22)26)20(30)25(19(16)29)8-9-31-3/h4-7,13,18,27H,8-11H2,1-3H3/t13-,18?,22-/m0/s1. The number of hydrogen-bond donors (Lipinski definition) is 1. The Hall–Kier alpha value is -3.04. The van der Waals surface area contributed by atoms with E-state index < -0.39 is 23.4 Å². The van der Waals surface area contributed by atoms with E-state index in [9.17, 15) is 19.5 Å². The number of aliphatic imine (C=N–C) groups is 1. The third-order valence-corrected chi connectivity index (χ3v) is 6.91. The summed E-state index contributed by atoms with van der Waals surface area (Å²) in [5.41, 5.74) is 1.51. The molecule has 1 aromatic carbocycles. The van der Waals surface area contributed by atoms with Gasteiger partial charge in [-0.2, -0.15) is 0 Å². The van der Waals surface area contributed by atoms with E-state index in [4.69, 9.17) is 4.74 Å². The van der Waals surface area contributed by atoms with E-state index in [2.05, 4.69) is 4.99 Å². The van der Waals surface area contributed by atoms with Gasteiger partial charge in [-0.3, -0.25) is 24.2 Å². The molecule has 0 aliphatic carbocycles. The predicted octanol–water partition coefficient (Wildman–Crippen LogP) is 0.0373. The zero-order valence-corrected chi connectivity index (χ0v) is 17.7. The van der Waals surface area contributed by atoms with Crippen molar-refractivity contribution in [2.45, 2.75) is 30.8 Å². The topological polar surface area (TPSA) is 103 Å². The number of anilines is 1. The Labute approximate surface area is 179 Å². The van der Waals surface area contributed by atoms with Crippen molar-refractivity contribution in [3.8, 4) is 0 Å². The first-order valence-electron chi connectivity index (χ1n) is 10.3. The van der Waals surface area contributed by atoms with Gasteiger partial charge in [-0.15, -0.1) is 0 Å². The van der Waals surface area contributed by atoms with E-state index in [1.54, 1.807) is 0 Å². The summed E-state index contributed by atoms with van der Waals surface area (Å²) in [6.07, 6.45) is 0.421. The largest absolute Gasteiger partial charge is 0.394 e. The maximum atomic E-state index is 13.4. The quantitative estimate of drug-likeness (QED) is 0.685. The third-order valence-electron chi connectivity index (χ3n) is 6.91. The summed E-state index contributed by atoms with van der Waals surface area (Å²) < 4.78 is 5.07. The van der Waals surface area contributed by atoms with E-state index in [0.717, 1.165) is 11.3 Å². The first kappa shape index (κ1) is 19.9. The molecular weight excluding hydrogens is 400 g/mol. The van der Waals surface area contributed by atoms with Crippen LogP contribution in [0.2, 0.25) is 0 Å². The number of ether oxygens (including phenoxy) is 1. The first-order valence-corrected chi connectivity index (χ1v) is 10.3. The van der Waals surface area contributed by atoms with Crippen molar-refractivity contribution in [3.05, 3.63) is 41.1 Å². The molecule has 5 rings (SSSR count). The van der Waals surface area contributed by atoms with Crippen LogP contribution in [0.4, 0.5) is 5.69 Å². The minimum Gasteiger partial charge on any atom is -0.394 e. The number of amides is 3. The fraction of sp³-hybridized carbons (Fsp3) is 0.455. The average molecular weight is 424 g/mol. The minimum absolute atomic E-state index is 0.0845. The highest BCUT2D eigenvalue weighted by molar-refractivity contribution is 6.24. The monoisotopic (exact) mass is 424 g/mol. The number of hydrogen-bond acceptors (Lipinski definition) is 7. The fourth-order valence-electron chi connectivity index (χ4n) is 5.76. The van der Waals surface area contributed by atoms with Gasteiger partial charge in [-0.25, -0.2) is 4.99 Å². The maximum Gasteiger partial charge on any atom is 0.280 e. The number of benzene rings is 1. The van der Waals surface area contributed by atoms with Gasteiger partial charge in [0.05, 0.1) is 42.8 Å². The summed E-state index contributed by atoms with van der Waals surface area (Å²) in [6.45, 7) is 1.57. The van der Waals surface area contributed by atoms with Gasteiger partial charge in [-0.1, -0.05) is 18.2 Å². The normalized spacial score (nSPS) is 28.6. The van der Waals surface area contributed by atoms with Gasteiger partial charge in [-0.05, 0) is 18.1 Å². The van der Waals surface area contributed by atoms with Crippen LogP contribution in [0.25, 0.3) is 0 Å². The van der Waals surface area contributed by atoms with E-state index in [0.29, 0.717) is 17.8 Å². The highest BCUT2D eigenvalue weighted by Crippen LogP contribution is 2.57. The Morgan fingerprint density at radius 2 is 2.03 bits per heavy atom. The number of aliphatic hydroxyl groups is 1. The third kappa shape index (κ3) is 2.33. The zero-order valence-electron chi connectivity index (χ0n) is 17.7. The van der Waals surface area contributed by atoms with Gasteiger partial charge < -0.3 is 14.7 Å². The lowest BCUT2D eigenvalue weighted by Gasteiger charge is -2.38. The molecule has 1 saturated heterocycles. The Bertz CT molecular complexity index is 1080. The van der Waals surface area contributed by atoms with Crippen molar-refractivity contribution in [3.63, 3.8) is 0 Å². The summed E-state index contributed by atoms with van der Waals surface area (Å²) >= 11 is 0. The van der Waals surface area contributed by atoms with Crippen LogP contribution in [0, 0.1) is 0 Å². The smallest absolute Gasteiger partial charge is 0.280 e.